The Kier molecular flexibility index (Phi) is 3.96. The van der Waals surface area contributed by atoms with Gasteiger partial charge in [-0.2, -0.15) is 0 Å². The van der Waals surface area contributed by atoms with E-state index in [1.54, 1.807) is 0 Å². The molecular weight excluding hydrogens is 204 g/mol. The van der Waals surface area contributed by atoms with E-state index < -0.39 is 0 Å². The summed E-state index contributed by atoms with van der Waals surface area (Å²) < 4.78 is 11.0. The molecule has 1 saturated heterocycles. The first kappa shape index (κ1) is 11.6. The van der Waals surface area contributed by atoms with E-state index in [1.807, 2.05) is 13.8 Å². The molecule has 0 aliphatic carbocycles. The Morgan fingerprint density at radius 2 is 2.19 bits per heavy atom. The first-order chi connectivity index (χ1) is 7.75. The molecule has 1 N–H and O–H groups in total. The van der Waals surface area contributed by atoms with Crippen LogP contribution >= 0.6 is 0 Å². The van der Waals surface area contributed by atoms with Gasteiger partial charge in [-0.15, -0.1) is 0 Å². The molecular formula is C12H20N2O2. The number of rotatable bonds is 3. The summed E-state index contributed by atoms with van der Waals surface area (Å²) >= 11 is 0. The number of nitrogens with zero attached hydrogens (tertiary/aromatic N) is 1. The minimum Gasteiger partial charge on any atom is -0.444 e. The van der Waals surface area contributed by atoms with E-state index in [2.05, 4.69) is 10.3 Å². The molecule has 1 atom stereocenters. The largest absolute Gasteiger partial charge is 0.444 e. The average Bonchev–Trinajstić information content (AvgIpc) is 2.50. The summed E-state index contributed by atoms with van der Waals surface area (Å²) in [5.74, 6) is 1.71. The van der Waals surface area contributed by atoms with Gasteiger partial charge >= 0.3 is 0 Å². The standard InChI is InChI=1S/C12H20N2O2/c1-9-10(2)16-12(14-9)8-13-11-4-3-6-15-7-5-11/h11,13H,3-8H2,1-2H3. The van der Waals surface area contributed by atoms with Gasteiger partial charge in [-0.05, 0) is 33.1 Å². The molecule has 1 fully saturated rings. The fraction of sp³-hybridized carbons (Fsp3) is 0.750. The highest BCUT2D eigenvalue weighted by atomic mass is 16.5. The molecule has 16 heavy (non-hydrogen) atoms. The van der Waals surface area contributed by atoms with Crippen LogP contribution in [0, 0.1) is 13.8 Å². The zero-order chi connectivity index (χ0) is 11.4. The molecule has 2 rings (SSSR count). The Balaban J connectivity index is 1.81. The van der Waals surface area contributed by atoms with Crippen LogP contribution in [-0.4, -0.2) is 24.2 Å². The van der Waals surface area contributed by atoms with Crippen LogP contribution < -0.4 is 5.32 Å². The van der Waals surface area contributed by atoms with Crippen LogP contribution in [0.25, 0.3) is 0 Å². The molecule has 0 radical (unpaired) electrons. The van der Waals surface area contributed by atoms with Crippen molar-refractivity contribution in [2.24, 2.45) is 0 Å². The lowest BCUT2D eigenvalue weighted by atomic mass is 10.1. The van der Waals surface area contributed by atoms with Gasteiger partial charge in [0.15, 0.2) is 0 Å². The summed E-state index contributed by atoms with van der Waals surface area (Å²) in [5.41, 5.74) is 0.987. The van der Waals surface area contributed by atoms with Gasteiger partial charge in [0.25, 0.3) is 0 Å². The van der Waals surface area contributed by atoms with Gasteiger partial charge in [0.05, 0.1) is 12.2 Å². The number of aryl methyl sites for hydroxylation is 2. The molecule has 0 bridgehead atoms. The second kappa shape index (κ2) is 5.46. The predicted octanol–water partition coefficient (Wildman–Crippen LogP) is 1.95. The first-order valence-corrected chi connectivity index (χ1v) is 6.00. The lowest BCUT2D eigenvalue weighted by Crippen LogP contribution is -2.28. The zero-order valence-electron chi connectivity index (χ0n) is 10.1. The van der Waals surface area contributed by atoms with Crippen LogP contribution in [0.2, 0.25) is 0 Å². The summed E-state index contributed by atoms with van der Waals surface area (Å²) in [6.07, 6.45) is 3.40. The third-order valence-electron chi connectivity index (χ3n) is 3.07. The van der Waals surface area contributed by atoms with E-state index in [4.69, 9.17) is 9.15 Å². The Morgan fingerprint density at radius 1 is 1.31 bits per heavy atom. The number of hydrogen-bond acceptors (Lipinski definition) is 4. The van der Waals surface area contributed by atoms with Crippen LogP contribution in [-0.2, 0) is 11.3 Å². The van der Waals surface area contributed by atoms with E-state index >= 15 is 0 Å². The molecule has 2 heterocycles. The van der Waals surface area contributed by atoms with E-state index in [-0.39, 0.29) is 0 Å². The molecule has 1 aromatic heterocycles. The second-order valence-corrected chi connectivity index (χ2v) is 4.37. The van der Waals surface area contributed by atoms with Crippen LogP contribution in [0.5, 0.6) is 0 Å². The van der Waals surface area contributed by atoms with Crippen molar-refractivity contribution < 1.29 is 9.15 Å². The van der Waals surface area contributed by atoms with E-state index in [1.165, 1.54) is 6.42 Å². The van der Waals surface area contributed by atoms with Gasteiger partial charge in [0, 0.05) is 19.3 Å². The monoisotopic (exact) mass is 224 g/mol. The number of hydrogen-bond donors (Lipinski definition) is 1. The summed E-state index contributed by atoms with van der Waals surface area (Å²) in [7, 11) is 0. The van der Waals surface area contributed by atoms with Crippen molar-refractivity contribution in [3.63, 3.8) is 0 Å². The zero-order valence-corrected chi connectivity index (χ0v) is 10.1. The topological polar surface area (TPSA) is 47.3 Å². The Morgan fingerprint density at radius 3 is 2.94 bits per heavy atom. The van der Waals surface area contributed by atoms with Crippen molar-refractivity contribution >= 4 is 0 Å². The highest BCUT2D eigenvalue weighted by Crippen LogP contribution is 2.11. The summed E-state index contributed by atoms with van der Waals surface area (Å²) in [6, 6.07) is 0.537. The summed E-state index contributed by atoms with van der Waals surface area (Å²) in [5, 5.41) is 3.48. The van der Waals surface area contributed by atoms with Gasteiger partial charge in [0.2, 0.25) is 5.89 Å². The highest BCUT2D eigenvalue weighted by Gasteiger charge is 2.13. The van der Waals surface area contributed by atoms with Gasteiger partial charge in [-0.3, -0.25) is 0 Å². The average molecular weight is 224 g/mol. The smallest absolute Gasteiger partial charge is 0.208 e. The van der Waals surface area contributed by atoms with Crippen LogP contribution in [0.15, 0.2) is 4.42 Å². The lowest BCUT2D eigenvalue weighted by molar-refractivity contribution is 0.142. The Bertz CT molecular complexity index is 308. The minimum atomic E-state index is 0.537. The maximum Gasteiger partial charge on any atom is 0.208 e. The maximum absolute atomic E-state index is 5.53. The Hall–Kier alpha value is -0.870. The molecule has 0 aromatic carbocycles. The Labute approximate surface area is 96.4 Å². The molecule has 0 spiro atoms. The molecule has 0 amide bonds. The predicted molar refractivity (Wildman–Crippen MR) is 61.3 cm³/mol. The fourth-order valence-electron chi connectivity index (χ4n) is 1.95. The fourth-order valence-corrected chi connectivity index (χ4v) is 1.95. The van der Waals surface area contributed by atoms with Crippen molar-refractivity contribution in [2.75, 3.05) is 13.2 Å². The molecule has 0 saturated carbocycles. The summed E-state index contributed by atoms with van der Waals surface area (Å²) in [6.45, 7) is 6.41. The van der Waals surface area contributed by atoms with E-state index in [0.717, 1.165) is 49.9 Å². The minimum absolute atomic E-state index is 0.537. The third kappa shape index (κ3) is 3.06. The molecule has 4 heteroatoms. The molecule has 4 nitrogen and oxygen atoms in total. The highest BCUT2D eigenvalue weighted by molar-refractivity contribution is 5.05. The third-order valence-corrected chi connectivity index (χ3v) is 3.07. The molecule has 90 valence electrons. The number of oxazole rings is 1. The lowest BCUT2D eigenvalue weighted by Gasteiger charge is -2.13. The normalized spacial score (nSPS) is 22.0. The van der Waals surface area contributed by atoms with Crippen molar-refractivity contribution in [3.8, 4) is 0 Å². The first-order valence-electron chi connectivity index (χ1n) is 6.00. The maximum atomic E-state index is 5.53. The number of aromatic nitrogens is 1. The van der Waals surface area contributed by atoms with Crippen LogP contribution in [0.1, 0.15) is 36.6 Å². The van der Waals surface area contributed by atoms with Crippen LogP contribution in [0.4, 0.5) is 0 Å². The van der Waals surface area contributed by atoms with Crippen molar-refractivity contribution in [1.29, 1.82) is 0 Å². The van der Waals surface area contributed by atoms with Crippen molar-refractivity contribution in [3.05, 3.63) is 17.3 Å². The summed E-state index contributed by atoms with van der Waals surface area (Å²) in [4.78, 5) is 4.36. The number of nitrogens with one attached hydrogen (secondary N) is 1. The van der Waals surface area contributed by atoms with Gasteiger partial charge in [-0.25, -0.2) is 4.98 Å². The second-order valence-electron chi connectivity index (χ2n) is 4.37. The van der Waals surface area contributed by atoms with E-state index in [9.17, 15) is 0 Å². The van der Waals surface area contributed by atoms with Gasteiger partial charge in [0.1, 0.15) is 5.76 Å². The number of ether oxygens (including phenoxy) is 1. The van der Waals surface area contributed by atoms with E-state index in [0.29, 0.717) is 6.04 Å². The van der Waals surface area contributed by atoms with Crippen molar-refractivity contribution in [1.82, 2.24) is 10.3 Å². The quantitative estimate of drug-likeness (QED) is 0.852. The molecule has 1 unspecified atom stereocenters. The van der Waals surface area contributed by atoms with Gasteiger partial charge < -0.3 is 14.5 Å². The van der Waals surface area contributed by atoms with Crippen molar-refractivity contribution in [2.45, 2.75) is 45.7 Å². The van der Waals surface area contributed by atoms with Crippen LogP contribution in [0.3, 0.4) is 0 Å². The SMILES string of the molecule is Cc1nc(CNC2CCCOCC2)oc1C. The molecule has 1 aromatic rings. The molecule has 1 aliphatic heterocycles. The molecule has 1 aliphatic rings. The van der Waals surface area contributed by atoms with Gasteiger partial charge in [-0.1, -0.05) is 0 Å².